The molecule has 30 heavy (non-hydrogen) atoms. The van der Waals surface area contributed by atoms with Crippen LogP contribution in [0.25, 0.3) is 0 Å². The Hall–Kier alpha value is -1.95. The van der Waals surface area contributed by atoms with Gasteiger partial charge in [-0.25, -0.2) is 21.1 Å². The second-order valence-electron chi connectivity index (χ2n) is 7.12. The maximum Gasteiger partial charge on any atom is 0.247 e. The summed E-state index contributed by atoms with van der Waals surface area (Å²) in [7, 11) is -4.34. The molecule has 1 amide bonds. The van der Waals surface area contributed by atoms with Gasteiger partial charge in [-0.2, -0.15) is 0 Å². The van der Waals surface area contributed by atoms with Crippen molar-refractivity contribution in [3.63, 3.8) is 0 Å². The van der Waals surface area contributed by atoms with Gasteiger partial charge in [0.2, 0.25) is 26.0 Å². The summed E-state index contributed by atoms with van der Waals surface area (Å²) in [6.07, 6.45) is 1.55. The molecule has 0 aliphatic carbocycles. The molecule has 2 aromatic carbocycles. The Bertz CT molecular complexity index is 1180. The van der Waals surface area contributed by atoms with E-state index in [2.05, 4.69) is 15.9 Å². The third-order valence-corrected chi connectivity index (χ3v) is 8.30. The van der Waals surface area contributed by atoms with E-state index in [4.69, 9.17) is 0 Å². The van der Waals surface area contributed by atoms with E-state index in [-0.39, 0.29) is 17.3 Å². The number of anilines is 2. The van der Waals surface area contributed by atoms with Crippen LogP contribution in [-0.4, -0.2) is 60.5 Å². The number of halogens is 1. The van der Waals surface area contributed by atoms with Crippen LogP contribution in [0.2, 0.25) is 0 Å². The van der Waals surface area contributed by atoms with Gasteiger partial charge in [0.05, 0.1) is 16.8 Å². The topological polar surface area (TPSA) is 95.1 Å². The van der Waals surface area contributed by atoms with Crippen LogP contribution in [0.3, 0.4) is 0 Å². The lowest BCUT2D eigenvalue weighted by molar-refractivity contribution is -0.117. The first-order valence-corrected chi connectivity index (χ1v) is 13.1. The molecule has 1 heterocycles. The van der Waals surface area contributed by atoms with Crippen LogP contribution < -0.4 is 9.21 Å². The fraction of sp³-hybridized carbons (Fsp3) is 0.316. The van der Waals surface area contributed by atoms with Gasteiger partial charge >= 0.3 is 0 Å². The molecule has 0 saturated carbocycles. The molecule has 8 nitrogen and oxygen atoms in total. The predicted octanol–water partition coefficient (Wildman–Crippen LogP) is 2.05. The fourth-order valence-electron chi connectivity index (χ4n) is 3.22. The Morgan fingerprint density at radius 1 is 1.07 bits per heavy atom. The zero-order chi connectivity index (χ0) is 22.3. The van der Waals surface area contributed by atoms with Crippen molar-refractivity contribution in [2.45, 2.75) is 11.3 Å². The van der Waals surface area contributed by atoms with Gasteiger partial charge in [0.25, 0.3) is 0 Å². The van der Waals surface area contributed by atoms with Crippen molar-refractivity contribution in [3.8, 4) is 0 Å². The van der Waals surface area contributed by atoms with Crippen LogP contribution >= 0.6 is 15.9 Å². The lowest BCUT2D eigenvalue weighted by Gasteiger charge is -2.25. The highest BCUT2D eigenvalue weighted by atomic mass is 79.9. The molecule has 1 aliphatic rings. The molecular weight excluding hydrogens is 494 g/mol. The standard InChI is InChI=1S/C19H22BrN3O5S2/c1-21(2)30(27,28)17-8-9-18-14(12-17)10-11-22(18)19(24)13-23(29(3,25)26)16-6-4-15(20)5-7-16/h4-9,12H,10-11,13H2,1-3H3. The number of benzene rings is 2. The minimum atomic E-state index is -3.68. The van der Waals surface area contributed by atoms with Gasteiger partial charge in [0.1, 0.15) is 6.54 Å². The average Bonchev–Trinajstić information content (AvgIpc) is 3.09. The summed E-state index contributed by atoms with van der Waals surface area (Å²) >= 11 is 3.31. The summed E-state index contributed by atoms with van der Waals surface area (Å²) in [5.41, 5.74) is 1.73. The van der Waals surface area contributed by atoms with Crippen molar-refractivity contribution in [3.05, 3.63) is 52.5 Å². The number of hydrogen-bond acceptors (Lipinski definition) is 5. The highest BCUT2D eigenvalue weighted by molar-refractivity contribution is 9.10. The maximum atomic E-state index is 13.0. The molecule has 0 aromatic heterocycles. The van der Waals surface area contributed by atoms with Crippen LogP contribution in [0.15, 0.2) is 51.8 Å². The first-order valence-electron chi connectivity index (χ1n) is 9.00. The van der Waals surface area contributed by atoms with E-state index < -0.39 is 20.0 Å². The molecule has 0 N–H and O–H groups in total. The van der Waals surface area contributed by atoms with Gasteiger partial charge in [0, 0.05) is 30.8 Å². The molecule has 0 atom stereocenters. The van der Waals surface area contributed by atoms with E-state index in [1.54, 1.807) is 36.4 Å². The summed E-state index contributed by atoms with van der Waals surface area (Å²) in [6.45, 7) is 0.00915. The molecule has 2 aromatic rings. The fourth-order valence-corrected chi connectivity index (χ4v) is 5.29. The number of carbonyl (C=O) groups excluding carboxylic acids is 1. The van der Waals surface area contributed by atoms with Gasteiger partial charge in [-0.15, -0.1) is 0 Å². The summed E-state index contributed by atoms with van der Waals surface area (Å²) in [5, 5.41) is 0. The minimum Gasteiger partial charge on any atom is -0.310 e. The van der Waals surface area contributed by atoms with Crippen LogP contribution in [0, 0.1) is 0 Å². The molecule has 0 saturated heterocycles. The Labute approximate surface area is 185 Å². The molecule has 0 radical (unpaired) electrons. The highest BCUT2D eigenvalue weighted by Gasteiger charge is 2.30. The van der Waals surface area contributed by atoms with Crippen LogP contribution in [0.5, 0.6) is 0 Å². The van der Waals surface area contributed by atoms with E-state index >= 15 is 0 Å². The molecule has 162 valence electrons. The maximum absolute atomic E-state index is 13.0. The average molecular weight is 516 g/mol. The Morgan fingerprint density at radius 2 is 1.70 bits per heavy atom. The van der Waals surface area contributed by atoms with Crippen LogP contribution in [-0.2, 0) is 31.3 Å². The minimum absolute atomic E-state index is 0.160. The Kier molecular flexibility index (Phi) is 6.28. The van der Waals surface area contributed by atoms with Crippen molar-refractivity contribution < 1.29 is 21.6 Å². The van der Waals surface area contributed by atoms with Gasteiger partial charge in [-0.05, 0) is 54.4 Å². The third kappa shape index (κ3) is 4.53. The van der Waals surface area contributed by atoms with Crippen molar-refractivity contribution >= 4 is 53.3 Å². The van der Waals surface area contributed by atoms with E-state index in [0.29, 0.717) is 24.3 Å². The van der Waals surface area contributed by atoms with Gasteiger partial charge in [-0.1, -0.05) is 15.9 Å². The van der Waals surface area contributed by atoms with E-state index in [9.17, 15) is 21.6 Å². The van der Waals surface area contributed by atoms with Gasteiger partial charge in [0.15, 0.2) is 0 Å². The normalized spacial score (nSPS) is 14.1. The molecular formula is C19H22BrN3O5S2. The van der Waals surface area contributed by atoms with E-state index in [1.807, 2.05) is 0 Å². The number of rotatable bonds is 6. The molecule has 1 aliphatic heterocycles. The lowest BCUT2D eigenvalue weighted by atomic mass is 10.2. The molecule has 3 rings (SSSR count). The molecule has 0 unspecified atom stereocenters. The summed E-state index contributed by atoms with van der Waals surface area (Å²) in [4.78, 5) is 14.6. The smallest absolute Gasteiger partial charge is 0.247 e. The van der Waals surface area contributed by atoms with Gasteiger partial charge in [-0.3, -0.25) is 9.10 Å². The number of sulfonamides is 2. The van der Waals surface area contributed by atoms with E-state index in [1.165, 1.54) is 25.1 Å². The number of nitrogens with zero attached hydrogens (tertiary/aromatic N) is 3. The number of amides is 1. The zero-order valence-electron chi connectivity index (χ0n) is 16.7. The summed E-state index contributed by atoms with van der Waals surface area (Å²) in [6, 6.07) is 11.3. The number of hydrogen-bond donors (Lipinski definition) is 0. The third-order valence-electron chi connectivity index (χ3n) is 4.82. The zero-order valence-corrected chi connectivity index (χ0v) is 20.0. The second-order valence-corrected chi connectivity index (χ2v) is 12.1. The monoisotopic (exact) mass is 515 g/mol. The number of carbonyl (C=O) groups is 1. The largest absolute Gasteiger partial charge is 0.310 e. The first-order chi connectivity index (χ1) is 13.9. The first kappa shape index (κ1) is 22.7. The van der Waals surface area contributed by atoms with Crippen molar-refractivity contribution in [1.29, 1.82) is 0 Å². The van der Waals surface area contributed by atoms with Crippen LogP contribution in [0.4, 0.5) is 11.4 Å². The second kappa shape index (κ2) is 8.29. The predicted molar refractivity (Wildman–Crippen MR) is 120 cm³/mol. The van der Waals surface area contributed by atoms with Gasteiger partial charge < -0.3 is 4.90 Å². The van der Waals surface area contributed by atoms with Crippen molar-refractivity contribution in [2.75, 3.05) is 42.6 Å². The lowest BCUT2D eigenvalue weighted by Crippen LogP contribution is -2.42. The quantitative estimate of drug-likeness (QED) is 0.586. The molecule has 0 bridgehead atoms. The Balaban J connectivity index is 1.88. The summed E-state index contributed by atoms with van der Waals surface area (Å²) in [5.74, 6) is -0.384. The molecule has 0 fully saturated rings. The molecule has 0 spiro atoms. The van der Waals surface area contributed by atoms with Crippen molar-refractivity contribution in [2.24, 2.45) is 0 Å². The Morgan fingerprint density at radius 3 is 2.27 bits per heavy atom. The summed E-state index contributed by atoms with van der Waals surface area (Å²) < 4.78 is 52.3. The van der Waals surface area contributed by atoms with Crippen molar-refractivity contribution in [1.82, 2.24) is 4.31 Å². The molecule has 11 heteroatoms. The highest BCUT2D eigenvalue weighted by Crippen LogP contribution is 2.31. The van der Waals surface area contributed by atoms with Crippen LogP contribution in [0.1, 0.15) is 5.56 Å². The van der Waals surface area contributed by atoms with E-state index in [0.717, 1.165) is 24.9 Å². The number of fused-ring (bicyclic) bond motifs is 1. The SMILES string of the molecule is CN(C)S(=O)(=O)c1ccc2c(c1)CCN2C(=O)CN(c1ccc(Br)cc1)S(C)(=O)=O.